The molecule has 0 atom stereocenters. The van der Waals surface area contributed by atoms with E-state index in [0.717, 1.165) is 29.6 Å². The van der Waals surface area contributed by atoms with Crippen LogP contribution in [0.4, 0.5) is 20.6 Å². The minimum absolute atomic E-state index is 0.138. The number of carbonyl (C=O) groups excluding carboxylic acids is 2. The van der Waals surface area contributed by atoms with Crippen LogP contribution in [0.3, 0.4) is 0 Å². The van der Waals surface area contributed by atoms with E-state index >= 15 is 0 Å². The Hall–Kier alpha value is -3.35. The van der Waals surface area contributed by atoms with Crippen LogP contribution in [0.5, 0.6) is 0 Å². The van der Waals surface area contributed by atoms with Crippen LogP contribution in [0.1, 0.15) is 24.1 Å². The fourth-order valence-electron chi connectivity index (χ4n) is 3.17. The van der Waals surface area contributed by atoms with Crippen LogP contribution in [0.25, 0.3) is 10.9 Å². The van der Waals surface area contributed by atoms with E-state index in [0.29, 0.717) is 22.8 Å². The number of halogens is 1. The maximum atomic E-state index is 13.6. The number of fused-ring (bicyclic) bond motifs is 1. The molecule has 144 valence electrons. The highest BCUT2D eigenvalue weighted by Gasteiger charge is 2.23. The predicted octanol–water partition coefficient (Wildman–Crippen LogP) is 4.08. The molecule has 28 heavy (non-hydrogen) atoms. The molecule has 0 saturated heterocycles. The van der Waals surface area contributed by atoms with Crippen molar-refractivity contribution in [3.63, 3.8) is 0 Å². The number of carbonyl (C=O) groups is 2. The van der Waals surface area contributed by atoms with Crippen molar-refractivity contribution in [2.24, 2.45) is 0 Å². The molecule has 7 heteroatoms. The number of hydrogen-bond donors (Lipinski definition) is 4. The lowest BCUT2D eigenvalue weighted by Gasteiger charge is -2.09. The zero-order valence-corrected chi connectivity index (χ0v) is 15.4. The monoisotopic (exact) mass is 380 g/mol. The summed E-state index contributed by atoms with van der Waals surface area (Å²) in [5.74, 6) is -0.526. The Bertz CT molecular complexity index is 1040. The quantitative estimate of drug-likeness (QED) is 0.538. The number of anilines is 2. The molecule has 1 saturated carbocycles. The molecule has 3 amide bonds. The lowest BCUT2D eigenvalue weighted by atomic mass is 10.1. The summed E-state index contributed by atoms with van der Waals surface area (Å²) in [6.07, 6.45) is 2.20. The first-order valence-corrected chi connectivity index (χ1v) is 9.22. The summed E-state index contributed by atoms with van der Waals surface area (Å²) in [4.78, 5) is 27.4. The van der Waals surface area contributed by atoms with Gasteiger partial charge in [-0.1, -0.05) is 0 Å². The van der Waals surface area contributed by atoms with Gasteiger partial charge < -0.3 is 20.9 Å². The van der Waals surface area contributed by atoms with Crippen LogP contribution in [-0.2, 0) is 11.2 Å². The summed E-state index contributed by atoms with van der Waals surface area (Å²) in [5.41, 5.74) is 3.71. The first kappa shape index (κ1) is 18.0. The van der Waals surface area contributed by atoms with Gasteiger partial charge in [-0.3, -0.25) is 4.79 Å². The van der Waals surface area contributed by atoms with Crippen molar-refractivity contribution in [2.75, 3.05) is 10.6 Å². The highest BCUT2D eigenvalue weighted by atomic mass is 19.1. The van der Waals surface area contributed by atoms with Gasteiger partial charge in [-0.05, 0) is 67.8 Å². The second kappa shape index (κ2) is 7.34. The molecule has 0 bridgehead atoms. The average Bonchev–Trinajstić information content (AvgIpc) is 3.41. The van der Waals surface area contributed by atoms with Crippen LogP contribution in [0, 0.1) is 12.7 Å². The van der Waals surface area contributed by atoms with E-state index in [-0.39, 0.29) is 24.2 Å². The number of aromatic amines is 1. The van der Waals surface area contributed by atoms with Crippen molar-refractivity contribution in [2.45, 2.75) is 32.2 Å². The highest BCUT2D eigenvalue weighted by Crippen LogP contribution is 2.24. The van der Waals surface area contributed by atoms with Crippen molar-refractivity contribution < 1.29 is 14.0 Å². The van der Waals surface area contributed by atoms with Gasteiger partial charge in [0, 0.05) is 34.0 Å². The van der Waals surface area contributed by atoms with Crippen LogP contribution in [-0.4, -0.2) is 23.0 Å². The molecule has 4 rings (SSSR count). The molecule has 4 N–H and O–H groups in total. The Morgan fingerprint density at radius 1 is 1.07 bits per heavy atom. The smallest absolute Gasteiger partial charge is 0.319 e. The number of aryl methyl sites for hydroxylation is 1. The third-order valence-corrected chi connectivity index (χ3v) is 4.76. The van der Waals surface area contributed by atoms with E-state index in [9.17, 15) is 14.0 Å². The molecule has 0 aliphatic heterocycles. The van der Waals surface area contributed by atoms with E-state index in [2.05, 4.69) is 20.9 Å². The number of H-pyrrole nitrogens is 1. The summed E-state index contributed by atoms with van der Waals surface area (Å²) in [7, 11) is 0. The molecule has 0 unspecified atom stereocenters. The minimum atomic E-state index is -0.332. The first-order chi connectivity index (χ1) is 13.5. The molecule has 1 aliphatic rings. The molecule has 3 aromatic rings. The third-order valence-electron chi connectivity index (χ3n) is 4.76. The normalized spacial score (nSPS) is 13.4. The summed E-state index contributed by atoms with van der Waals surface area (Å²) < 4.78 is 13.6. The molecule has 6 nitrogen and oxygen atoms in total. The van der Waals surface area contributed by atoms with E-state index < -0.39 is 0 Å². The molecular formula is C21H21FN4O2. The molecule has 2 aromatic carbocycles. The third kappa shape index (κ3) is 4.14. The molecule has 0 radical (unpaired) electrons. The van der Waals surface area contributed by atoms with Gasteiger partial charge in [-0.25, -0.2) is 9.18 Å². The van der Waals surface area contributed by atoms with Crippen LogP contribution >= 0.6 is 0 Å². The van der Waals surface area contributed by atoms with E-state index in [4.69, 9.17) is 0 Å². The summed E-state index contributed by atoms with van der Waals surface area (Å²) >= 11 is 0. The highest BCUT2D eigenvalue weighted by molar-refractivity contribution is 5.97. The van der Waals surface area contributed by atoms with Gasteiger partial charge in [0.05, 0.1) is 6.42 Å². The zero-order chi connectivity index (χ0) is 19.7. The fraction of sp³-hybridized carbons (Fsp3) is 0.238. The maximum absolute atomic E-state index is 13.6. The van der Waals surface area contributed by atoms with Crippen molar-refractivity contribution in [1.29, 1.82) is 0 Å². The zero-order valence-electron chi connectivity index (χ0n) is 15.4. The largest absolute Gasteiger partial charge is 0.358 e. The summed E-state index contributed by atoms with van der Waals surface area (Å²) in [6.45, 7) is 1.87. The number of rotatable bonds is 5. The number of urea groups is 1. The lowest BCUT2D eigenvalue weighted by Crippen LogP contribution is -2.30. The average molecular weight is 380 g/mol. The number of nitrogens with one attached hydrogen (secondary N) is 4. The summed E-state index contributed by atoms with van der Waals surface area (Å²) in [6, 6.07) is 11.5. The number of benzene rings is 2. The Morgan fingerprint density at radius 3 is 2.43 bits per heavy atom. The Labute approximate surface area is 161 Å². The van der Waals surface area contributed by atoms with Crippen molar-refractivity contribution >= 4 is 34.2 Å². The van der Waals surface area contributed by atoms with Gasteiger partial charge in [0.2, 0.25) is 5.91 Å². The van der Waals surface area contributed by atoms with Gasteiger partial charge in [-0.2, -0.15) is 0 Å². The SMILES string of the molecule is Cc1[nH]c2ccc(F)cc2c1CC(=O)Nc1ccc(NC(=O)NC2CC2)cc1. The van der Waals surface area contributed by atoms with Gasteiger partial charge >= 0.3 is 6.03 Å². The standard InChI is InChI=1S/C21H21FN4O2/c1-12-17(18-10-13(22)2-9-19(18)23-12)11-20(27)24-14-3-5-15(6-4-14)25-21(28)26-16-7-8-16/h2-6,9-10,16,23H,7-8,11H2,1H3,(H,24,27)(H2,25,26,28). The van der Waals surface area contributed by atoms with Crippen LogP contribution < -0.4 is 16.0 Å². The minimum Gasteiger partial charge on any atom is -0.358 e. The predicted molar refractivity (Wildman–Crippen MR) is 107 cm³/mol. The van der Waals surface area contributed by atoms with Crippen molar-refractivity contribution in [1.82, 2.24) is 10.3 Å². The van der Waals surface area contributed by atoms with Crippen molar-refractivity contribution in [3.8, 4) is 0 Å². The van der Waals surface area contributed by atoms with Gasteiger partial charge in [0.15, 0.2) is 0 Å². The Kier molecular flexibility index (Phi) is 4.73. The lowest BCUT2D eigenvalue weighted by molar-refractivity contribution is -0.115. The van der Waals surface area contributed by atoms with Crippen LogP contribution in [0.2, 0.25) is 0 Å². The molecule has 0 spiro atoms. The van der Waals surface area contributed by atoms with Crippen LogP contribution in [0.15, 0.2) is 42.5 Å². The molecule has 1 heterocycles. The number of hydrogen-bond acceptors (Lipinski definition) is 2. The summed E-state index contributed by atoms with van der Waals surface area (Å²) in [5, 5.41) is 9.16. The second-order valence-electron chi connectivity index (χ2n) is 7.09. The fourth-order valence-corrected chi connectivity index (χ4v) is 3.17. The van der Waals surface area contributed by atoms with Gasteiger partial charge in [0.25, 0.3) is 0 Å². The second-order valence-corrected chi connectivity index (χ2v) is 7.09. The van der Waals surface area contributed by atoms with Gasteiger partial charge in [0.1, 0.15) is 5.82 Å². The van der Waals surface area contributed by atoms with E-state index in [1.54, 1.807) is 30.3 Å². The maximum Gasteiger partial charge on any atom is 0.319 e. The number of aromatic nitrogens is 1. The molecular weight excluding hydrogens is 359 g/mol. The van der Waals surface area contributed by atoms with Crippen molar-refractivity contribution in [3.05, 3.63) is 59.5 Å². The molecule has 1 fully saturated rings. The van der Waals surface area contributed by atoms with E-state index in [1.807, 2.05) is 6.92 Å². The Morgan fingerprint density at radius 2 is 1.75 bits per heavy atom. The Balaban J connectivity index is 1.39. The van der Waals surface area contributed by atoms with E-state index in [1.165, 1.54) is 12.1 Å². The van der Waals surface area contributed by atoms with Gasteiger partial charge in [-0.15, -0.1) is 0 Å². The first-order valence-electron chi connectivity index (χ1n) is 9.22. The number of amides is 3. The molecule has 1 aromatic heterocycles. The molecule has 1 aliphatic carbocycles. The topological polar surface area (TPSA) is 86.0 Å².